The Balaban J connectivity index is 1.71. The molecule has 0 aliphatic heterocycles. The van der Waals surface area contributed by atoms with Crippen LogP contribution in [0.5, 0.6) is 0 Å². The van der Waals surface area contributed by atoms with E-state index in [2.05, 4.69) is 21.2 Å². The molecule has 4 unspecified atom stereocenters. The summed E-state index contributed by atoms with van der Waals surface area (Å²) in [5.74, 6) is 2.64. The number of fused-ring (bicyclic) bond motifs is 2. The summed E-state index contributed by atoms with van der Waals surface area (Å²) >= 11 is 3.45. The van der Waals surface area contributed by atoms with Crippen LogP contribution < -0.4 is 5.32 Å². The van der Waals surface area contributed by atoms with E-state index in [9.17, 15) is 4.79 Å². The van der Waals surface area contributed by atoms with Gasteiger partial charge in [0.2, 0.25) is 5.91 Å². The fraction of sp³-hybridized carbons (Fsp3) is 0.929. The summed E-state index contributed by atoms with van der Waals surface area (Å²) in [7, 11) is 1.70. The molecule has 0 saturated heterocycles. The van der Waals surface area contributed by atoms with Crippen LogP contribution in [0.3, 0.4) is 0 Å². The van der Waals surface area contributed by atoms with Gasteiger partial charge in [-0.3, -0.25) is 4.79 Å². The van der Waals surface area contributed by atoms with Crippen LogP contribution >= 0.6 is 15.9 Å². The molecule has 104 valence electrons. The van der Waals surface area contributed by atoms with Crippen LogP contribution in [0.2, 0.25) is 0 Å². The zero-order valence-corrected chi connectivity index (χ0v) is 12.7. The second kappa shape index (κ2) is 6.90. The van der Waals surface area contributed by atoms with Gasteiger partial charge in [0.15, 0.2) is 0 Å². The molecule has 2 saturated carbocycles. The van der Waals surface area contributed by atoms with Gasteiger partial charge in [-0.1, -0.05) is 22.4 Å². The highest BCUT2D eigenvalue weighted by atomic mass is 79.9. The first-order valence-corrected chi connectivity index (χ1v) is 8.19. The molecule has 18 heavy (non-hydrogen) atoms. The Morgan fingerprint density at radius 1 is 1.44 bits per heavy atom. The Bertz CT molecular complexity index is 285. The zero-order chi connectivity index (χ0) is 13.0. The minimum Gasteiger partial charge on any atom is -0.385 e. The van der Waals surface area contributed by atoms with E-state index in [1.165, 1.54) is 25.7 Å². The molecule has 0 heterocycles. The van der Waals surface area contributed by atoms with Gasteiger partial charge in [-0.15, -0.1) is 0 Å². The lowest BCUT2D eigenvalue weighted by Gasteiger charge is -2.22. The molecule has 2 aliphatic carbocycles. The predicted octanol–water partition coefficient (Wildman–Crippen LogP) is 2.73. The predicted molar refractivity (Wildman–Crippen MR) is 75.8 cm³/mol. The number of hydrogen-bond donors (Lipinski definition) is 1. The number of methoxy groups -OCH3 is 1. The van der Waals surface area contributed by atoms with Crippen molar-refractivity contribution in [2.24, 2.45) is 17.8 Å². The SMILES string of the molecule is COCCC(CBr)NC(=O)CC1CC2CCC1C2. The Morgan fingerprint density at radius 2 is 2.28 bits per heavy atom. The third kappa shape index (κ3) is 3.70. The van der Waals surface area contributed by atoms with Crippen LogP contribution in [0.1, 0.15) is 38.5 Å². The van der Waals surface area contributed by atoms with Crippen LogP contribution in [0.4, 0.5) is 0 Å². The number of ether oxygens (including phenoxy) is 1. The van der Waals surface area contributed by atoms with Gasteiger partial charge >= 0.3 is 0 Å². The lowest BCUT2D eigenvalue weighted by molar-refractivity contribution is -0.123. The fourth-order valence-electron chi connectivity index (χ4n) is 3.60. The normalized spacial score (nSPS) is 31.6. The number of halogens is 1. The zero-order valence-electron chi connectivity index (χ0n) is 11.2. The molecule has 2 fully saturated rings. The number of nitrogens with one attached hydrogen (secondary N) is 1. The molecule has 2 rings (SSSR count). The van der Waals surface area contributed by atoms with E-state index in [-0.39, 0.29) is 11.9 Å². The quantitative estimate of drug-likeness (QED) is 0.733. The first-order valence-electron chi connectivity index (χ1n) is 7.07. The topological polar surface area (TPSA) is 38.3 Å². The van der Waals surface area contributed by atoms with Gasteiger partial charge in [0.05, 0.1) is 0 Å². The van der Waals surface area contributed by atoms with Crippen molar-refractivity contribution >= 4 is 21.8 Å². The van der Waals surface area contributed by atoms with Crippen molar-refractivity contribution in [3.05, 3.63) is 0 Å². The van der Waals surface area contributed by atoms with Gasteiger partial charge in [-0.25, -0.2) is 0 Å². The highest BCUT2D eigenvalue weighted by Crippen LogP contribution is 2.49. The van der Waals surface area contributed by atoms with E-state index in [1.54, 1.807) is 7.11 Å². The van der Waals surface area contributed by atoms with Crippen molar-refractivity contribution in [1.82, 2.24) is 5.32 Å². The molecular weight excluding hydrogens is 294 g/mol. The van der Waals surface area contributed by atoms with Gasteiger partial charge in [0.25, 0.3) is 0 Å². The number of carbonyl (C=O) groups excluding carboxylic acids is 1. The third-order valence-corrected chi connectivity index (χ3v) is 5.34. The molecule has 2 aliphatic rings. The minimum atomic E-state index is 0.205. The van der Waals surface area contributed by atoms with E-state index in [1.807, 2.05) is 0 Å². The number of rotatable bonds is 7. The molecule has 0 spiro atoms. The van der Waals surface area contributed by atoms with Crippen molar-refractivity contribution < 1.29 is 9.53 Å². The molecule has 4 atom stereocenters. The molecule has 0 radical (unpaired) electrons. The number of hydrogen-bond acceptors (Lipinski definition) is 2. The van der Waals surface area contributed by atoms with Crippen molar-refractivity contribution in [3.63, 3.8) is 0 Å². The molecule has 0 aromatic carbocycles. The van der Waals surface area contributed by atoms with Crippen molar-refractivity contribution in [1.29, 1.82) is 0 Å². The smallest absolute Gasteiger partial charge is 0.220 e. The molecule has 0 aromatic heterocycles. The summed E-state index contributed by atoms with van der Waals surface area (Å²) in [6, 6.07) is 0.205. The standard InChI is InChI=1S/C14H24BrNO2/c1-18-5-4-13(9-15)16-14(17)8-12-7-10-2-3-11(12)6-10/h10-13H,2-9H2,1H3,(H,16,17). The molecule has 4 heteroatoms. The maximum absolute atomic E-state index is 12.0. The lowest BCUT2D eigenvalue weighted by Crippen LogP contribution is -2.38. The second-order valence-electron chi connectivity index (χ2n) is 5.84. The van der Waals surface area contributed by atoms with Crippen LogP contribution in [0.15, 0.2) is 0 Å². The average Bonchev–Trinajstić information content (AvgIpc) is 2.96. The lowest BCUT2D eigenvalue weighted by atomic mass is 9.86. The highest BCUT2D eigenvalue weighted by molar-refractivity contribution is 9.09. The largest absolute Gasteiger partial charge is 0.385 e. The van der Waals surface area contributed by atoms with Crippen LogP contribution in [0.25, 0.3) is 0 Å². The molecule has 1 N–H and O–H groups in total. The molecular formula is C14H24BrNO2. The minimum absolute atomic E-state index is 0.205. The van der Waals surface area contributed by atoms with Gasteiger partial charge in [-0.05, 0) is 43.4 Å². The van der Waals surface area contributed by atoms with Crippen LogP contribution in [-0.2, 0) is 9.53 Å². The van der Waals surface area contributed by atoms with E-state index in [4.69, 9.17) is 4.74 Å². The van der Waals surface area contributed by atoms with Crippen molar-refractivity contribution in [3.8, 4) is 0 Å². The fourth-order valence-corrected chi connectivity index (χ4v) is 4.08. The summed E-state index contributed by atoms with van der Waals surface area (Å²) in [6.45, 7) is 0.699. The molecule has 0 aromatic rings. The van der Waals surface area contributed by atoms with Gasteiger partial charge < -0.3 is 10.1 Å². The van der Waals surface area contributed by atoms with Gasteiger partial charge in [-0.2, -0.15) is 0 Å². The first kappa shape index (κ1) is 14.3. The summed E-state index contributed by atoms with van der Waals surface area (Å²) in [5.41, 5.74) is 0. The summed E-state index contributed by atoms with van der Waals surface area (Å²) < 4.78 is 5.06. The summed E-state index contributed by atoms with van der Waals surface area (Å²) in [4.78, 5) is 12.0. The van der Waals surface area contributed by atoms with Gasteiger partial charge in [0, 0.05) is 31.5 Å². The molecule has 1 amide bonds. The summed E-state index contributed by atoms with van der Waals surface area (Å²) in [6.07, 6.45) is 7.04. The van der Waals surface area contributed by atoms with E-state index >= 15 is 0 Å². The molecule has 2 bridgehead atoms. The Labute approximate surface area is 118 Å². The molecule has 3 nitrogen and oxygen atoms in total. The number of carbonyl (C=O) groups is 1. The first-order chi connectivity index (χ1) is 8.72. The van der Waals surface area contributed by atoms with Gasteiger partial charge in [0.1, 0.15) is 0 Å². The number of amides is 1. The maximum Gasteiger partial charge on any atom is 0.220 e. The summed E-state index contributed by atoms with van der Waals surface area (Å²) in [5, 5.41) is 3.93. The second-order valence-corrected chi connectivity index (χ2v) is 6.49. The average molecular weight is 318 g/mol. The van der Waals surface area contributed by atoms with Crippen LogP contribution in [-0.4, -0.2) is 31.0 Å². The van der Waals surface area contributed by atoms with Crippen molar-refractivity contribution in [2.75, 3.05) is 19.0 Å². The van der Waals surface area contributed by atoms with E-state index < -0.39 is 0 Å². The Hall–Kier alpha value is -0.0900. The third-order valence-electron chi connectivity index (χ3n) is 4.55. The highest BCUT2D eigenvalue weighted by Gasteiger charge is 2.40. The van der Waals surface area contributed by atoms with E-state index in [0.29, 0.717) is 12.5 Å². The monoisotopic (exact) mass is 317 g/mol. The Morgan fingerprint density at radius 3 is 2.83 bits per heavy atom. The Kier molecular flexibility index (Phi) is 5.49. The van der Waals surface area contributed by atoms with Crippen LogP contribution in [0, 0.1) is 17.8 Å². The number of alkyl halides is 1. The van der Waals surface area contributed by atoms with Crippen molar-refractivity contribution in [2.45, 2.75) is 44.6 Å². The maximum atomic E-state index is 12.0. The van der Waals surface area contributed by atoms with E-state index in [0.717, 1.165) is 30.0 Å².